The molecule has 1 fully saturated rings. The van der Waals surface area contributed by atoms with Gasteiger partial charge < -0.3 is 19.4 Å². The van der Waals surface area contributed by atoms with E-state index in [1.165, 1.54) is 6.07 Å². The maximum absolute atomic E-state index is 12.7. The number of H-pyrrole nitrogens is 1. The van der Waals surface area contributed by atoms with Gasteiger partial charge in [-0.2, -0.15) is 0 Å². The van der Waals surface area contributed by atoms with Gasteiger partial charge in [-0.25, -0.2) is 0 Å². The largest absolute Gasteiger partial charge is 0.491 e. The lowest BCUT2D eigenvalue weighted by Crippen LogP contribution is -2.54. The quantitative estimate of drug-likeness (QED) is 0.903. The van der Waals surface area contributed by atoms with Gasteiger partial charge in [0.25, 0.3) is 5.91 Å². The molecular weight excluding hydrogens is 320 g/mol. The van der Waals surface area contributed by atoms with Crippen LogP contribution in [0.3, 0.4) is 0 Å². The fourth-order valence-electron chi connectivity index (χ4n) is 3.09. The number of carbonyl (C=O) groups excluding carboxylic acids is 1. The van der Waals surface area contributed by atoms with Gasteiger partial charge in [0.15, 0.2) is 0 Å². The van der Waals surface area contributed by atoms with Crippen molar-refractivity contribution in [1.82, 2.24) is 9.88 Å². The number of nitrogens with zero attached hydrogens (tertiary/aromatic N) is 1. The molecule has 6 heteroatoms. The van der Waals surface area contributed by atoms with Crippen LogP contribution >= 0.6 is 0 Å². The van der Waals surface area contributed by atoms with Crippen LogP contribution in [0.25, 0.3) is 0 Å². The minimum Gasteiger partial charge on any atom is -0.491 e. The molecule has 0 spiro atoms. The van der Waals surface area contributed by atoms with Gasteiger partial charge in [0.05, 0.1) is 6.54 Å². The predicted molar refractivity (Wildman–Crippen MR) is 93.9 cm³/mol. The van der Waals surface area contributed by atoms with Crippen molar-refractivity contribution in [2.45, 2.75) is 18.4 Å². The van der Waals surface area contributed by atoms with Crippen molar-refractivity contribution in [3.63, 3.8) is 0 Å². The molecule has 0 radical (unpaired) electrons. The first kappa shape index (κ1) is 17.2. The second-order valence-electron chi connectivity index (χ2n) is 6.25. The first-order valence-corrected chi connectivity index (χ1v) is 8.33. The molecule has 1 aliphatic rings. The molecule has 25 heavy (non-hydrogen) atoms. The minimum atomic E-state index is -0.557. The number of likely N-dealkylation sites (tertiary alicyclic amines) is 1. The maximum atomic E-state index is 12.7. The van der Waals surface area contributed by atoms with E-state index in [-0.39, 0.29) is 11.5 Å². The fraction of sp³-hybridized carbons (Fsp3) is 0.368. The summed E-state index contributed by atoms with van der Waals surface area (Å²) in [5, 5.41) is 0. The zero-order chi connectivity index (χ0) is 17.7. The summed E-state index contributed by atoms with van der Waals surface area (Å²) >= 11 is 0. The molecular formula is C19H22N2O4. The topological polar surface area (TPSA) is 71.6 Å². The highest BCUT2D eigenvalue weighted by atomic mass is 16.5. The lowest BCUT2D eigenvalue weighted by molar-refractivity contribution is -0.0825. The van der Waals surface area contributed by atoms with E-state index in [1.54, 1.807) is 24.1 Å². The van der Waals surface area contributed by atoms with Crippen LogP contribution in [0.1, 0.15) is 23.3 Å². The van der Waals surface area contributed by atoms with Crippen LogP contribution in [-0.4, -0.2) is 48.2 Å². The Morgan fingerprint density at radius 3 is 2.72 bits per heavy atom. The zero-order valence-electron chi connectivity index (χ0n) is 14.2. The molecule has 0 bridgehead atoms. The molecule has 6 nitrogen and oxygen atoms in total. The first-order valence-electron chi connectivity index (χ1n) is 8.33. The number of aromatic nitrogens is 1. The highest BCUT2D eigenvalue weighted by molar-refractivity contribution is 5.92. The minimum absolute atomic E-state index is 0.196. The molecule has 1 saturated heterocycles. The Labute approximate surface area is 146 Å². The average Bonchev–Trinajstić information content (AvgIpc) is 2.67. The summed E-state index contributed by atoms with van der Waals surface area (Å²) in [4.78, 5) is 28.4. The highest BCUT2D eigenvalue weighted by Gasteiger charge is 2.38. The van der Waals surface area contributed by atoms with Crippen LogP contribution in [-0.2, 0) is 4.74 Å². The number of ether oxygens (including phenoxy) is 2. The van der Waals surface area contributed by atoms with Crippen molar-refractivity contribution in [3.8, 4) is 5.75 Å². The monoisotopic (exact) mass is 342 g/mol. The number of amides is 1. The first-order chi connectivity index (χ1) is 12.1. The third kappa shape index (κ3) is 4.09. The van der Waals surface area contributed by atoms with Crippen molar-refractivity contribution in [3.05, 3.63) is 64.6 Å². The molecule has 1 N–H and O–H groups in total. The van der Waals surface area contributed by atoms with E-state index in [2.05, 4.69) is 4.98 Å². The van der Waals surface area contributed by atoms with Gasteiger partial charge in [0.1, 0.15) is 23.7 Å². The van der Waals surface area contributed by atoms with Gasteiger partial charge in [0.2, 0.25) is 5.56 Å². The van der Waals surface area contributed by atoms with E-state index in [1.807, 2.05) is 30.3 Å². The number of carbonyl (C=O) groups is 1. The normalized spacial score (nSPS) is 20.3. The number of benzene rings is 1. The lowest BCUT2D eigenvalue weighted by atomic mass is 9.93. The van der Waals surface area contributed by atoms with Crippen LogP contribution in [0, 0.1) is 0 Å². The second kappa shape index (κ2) is 7.53. The Morgan fingerprint density at radius 1 is 1.20 bits per heavy atom. The van der Waals surface area contributed by atoms with Gasteiger partial charge in [-0.1, -0.05) is 24.3 Å². The van der Waals surface area contributed by atoms with Crippen LogP contribution < -0.4 is 10.3 Å². The van der Waals surface area contributed by atoms with Gasteiger partial charge >= 0.3 is 0 Å². The van der Waals surface area contributed by atoms with Crippen molar-refractivity contribution < 1.29 is 14.3 Å². The number of rotatable bonds is 5. The zero-order valence-corrected chi connectivity index (χ0v) is 14.2. The summed E-state index contributed by atoms with van der Waals surface area (Å²) in [5.41, 5.74) is -0.546. The molecule has 0 unspecified atom stereocenters. The smallest absolute Gasteiger partial charge is 0.270 e. The summed E-state index contributed by atoms with van der Waals surface area (Å²) in [6, 6.07) is 14.1. The van der Waals surface area contributed by atoms with E-state index < -0.39 is 5.60 Å². The Hall–Kier alpha value is -2.60. The van der Waals surface area contributed by atoms with Crippen molar-refractivity contribution in [2.75, 3.05) is 26.8 Å². The molecule has 2 heterocycles. The summed E-state index contributed by atoms with van der Waals surface area (Å²) in [6.45, 7) is 1.42. The number of nitrogens with one attached hydrogen (secondary N) is 1. The van der Waals surface area contributed by atoms with Gasteiger partial charge in [-0.05, 0) is 31.0 Å². The summed E-state index contributed by atoms with van der Waals surface area (Å²) in [6.07, 6.45) is 1.63. The Bertz CT molecular complexity index is 774. The lowest BCUT2D eigenvalue weighted by Gasteiger charge is -2.41. The highest BCUT2D eigenvalue weighted by Crippen LogP contribution is 2.26. The van der Waals surface area contributed by atoms with Gasteiger partial charge in [-0.3, -0.25) is 9.59 Å². The number of pyridine rings is 1. The van der Waals surface area contributed by atoms with Crippen LogP contribution in [0.5, 0.6) is 5.75 Å². The van der Waals surface area contributed by atoms with E-state index in [0.717, 1.165) is 18.6 Å². The van der Waals surface area contributed by atoms with E-state index in [4.69, 9.17) is 9.47 Å². The number of hydrogen-bond acceptors (Lipinski definition) is 4. The molecule has 132 valence electrons. The summed E-state index contributed by atoms with van der Waals surface area (Å²) < 4.78 is 11.6. The SMILES string of the molecule is CO[C@@]1(COc2ccccc2)CCCN(C(=O)c2cccc(=O)[nH]2)C1. The maximum Gasteiger partial charge on any atom is 0.270 e. The van der Waals surface area contributed by atoms with Crippen molar-refractivity contribution in [2.24, 2.45) is 0 Å². The molecule has 2 aromatic rings. The standard InChI is InChI=1S/C19H22N2O4/c1-24-19(14-25-15-7-3-2-4-8-15)11-6-12-21(13-19)18(23)16-9-5-10-17(22)20-16/h2-5,7-10H,6,11-14H2,1H3,(H,20,22)/t19-/m0/s1. The van der Waals surface area contributed by atoms with E-state index in [9.17, 15) is 9.59 Å². The number of piperidine rings is 1. The number of methoxy groups -OCH3 is 1. The van der Waals surface area contributed by atoms with Gasteiger partial charge in [0, 0.05) is 19.7 Å². The van der Waals surface area contributed by atoms with Gasteiger partial charge in [-0.15, -0.1) is 0 Å². The third-order valence-electron chi connectivity index (χ3n) is 4.50. The molecule has 1 amide bonds. The molecule has 3 rings (SSSR count). The number of hydrogen-bond donors (Lipinski definition) is 1. The Balaban J connectivity index is 1.71. The van der Waals surface area contributed by atoms with Crippen molar-refractivity contribution in [1.29, 1.82) is 0 Å². The summed E-state index contributed by atoms with van der Waals surface area (Å²) in [7, 11) is 1.65. The number of para-hydroxylation sites is 1. The summed E-state index contributed by atoms with van der Waals surface area (Å²) in [5.74, 6) is 0.577. The average molecular weight is 342 g/mol. The van der Waals surface area contributed by atoms with E-state index in [0.29, 0.717) is 25.4 Å². The Morgan fingerprint density at radius 2 is 2.00 bits per heavy atom. The predicted octanol–water partition coefficient (Wildman–Crippen LogP) is 2.08. The van der Waals surface area contributed by atoms with E-state index >= 15 is 0 Å². The molecule has 0 aliphatic carbocycles. The molecule has 1 atom stereocenters. The van der Waals surface area contributed by atoms with Crippen LogP contribution in [0.4, 0.5) is 0 Å². The molecule has 1 aromatic heterocycles. The number of aromatic amines is 1. The van der Waals surface area contributed by atoms with Crippen molar-refractivity contribution >= 4 is 5.91 Å². The van der Waals surface area contributed by atoms with Crippen LogP contribution in [0.15, 0.2) is 53.3 Å². The molecule has 0 saturated carbocycles. The fourth-order valence-corrected chi connectivity index (χ4v) is 3.09. The molecule has 1 aromatic carbocycles. The molecule has 1 aliphatic heterocycles. The van der Waals surface area contributed by atoms with Crippen LogP contribution in [0.2, 0.25) is 0 Å². The second-order valence-corrected chi connectivity index (χ2v) is 6.25. The Kier molecular flexibility index (Phi) is 5.19. The third-order valence-corrected chi connectivity index (χ3v) is 4.50.